The summed E-state index contributed by atoms with van der Waals surface area (Å²) in [6, 6.07) is 6.83. The Labute approximate surface area is 185 Å². The molecule has 0 N–H and O–H groups in total. The summed E-state index contributed by atoms with van der Waals surface area (Å²) in [5, 5.41) is 0. The normalized spacial score (nSPS) is 22.8. The van der Waals surface area contributed by atoms with Gasteiger partial charge >= 0.3 is 6.09 Å². The van der Waals surface area contributed by atoms with Crippen molar-refractivity contribution in [3.63, 3.8) is 0 Å². The number of rotatable bonds is 2. The fourth-order valence-corrected chi connectivity index (χ4v) is 4.74. The highest BCUT2D eigenvalue weighted by molar-refractivity contribution is 5.87. The van der Waals surface area contributed by atoms with E-state index in [-0.39, 0.29) is 6.09 Å². The number of imidazole rings is 1. The number of carbonyl (C=O) groups is 1. The summed E-state index contributed by atoms with van der Waals surface area (Å²) < 4.78 is 8.10. The van der Waals surface area contributed by atoms with Gasteiger partial charge in [0.2, 0.25) is 0 Å². The number of nitrogens with zero attached hydrogens (tertiary/aromatic N) is 4. The van der Waals surface area contributed by atoms with E-state index in [2.05, 4.69) is 54.5 Å². The van der Waals surface area contributed by atoms with Gasteiger partial charge < -0.3 is 14.2 Å². The number of benzene rings is 1. The second-order valence-electron chi connectivity index (χ2n) is 10.1. The van der Waals surface area contributed by atoms with E-state index in [4.69, 9.17) is 9.72 Å². The monoisotopic (exact) mass is 424 g/mol. The minimum atomic E-state index is -0.517. The highest BCUT2D eigenvalue weighted by Crippen LogP contribution is 2.32. The Hall–Kier alpha value is -2.34. The molecule has 31 heavy (non-hydrogen) atoms. The predicted molar refractivity (Wildman–Crippen MR) is 125 cm³/mol. The Balaban J connectivity index is 1.69. The van der Waals surface area contributed by atoms with Crippen LogP contribution in [0.5, 0.6) is 0 Å². The number of hydrogen-bond acceptors (Lipinski definition) is 4. The van der Waals surface area contributed by atoms with Gasteiger partial charge in [-0.25, -0.2) is 9.78 Å². The molecule has 1 aromatic heterocycles. The maximum atomic E-state index is 12.9. The molecule has 0 spiro atoms. The summed E-state index contributed by atoms with van der Waals surface area (Å²) in [4.78, 5) is 22.2. The van der Waals surface area contributed by atoms with E-state index >= 15 is 0 Å². The van der Waals surface area contributed by atoms with Crippen LogP contribution in [0.1, 0.15) is 65.4 Å². The average molecular weight is 425 g/mol. The number of ether oxygens (including phenoxy) is 1. The zero-order chi connectivity index (χ0) is 22.3. The summed E-state index contributed by atoms with van der Waals surface area (Å²) in [6.07, 6.45) is 3.81. The average Bonchev–Trinajstić information content (AvgIpc) is 2.99. The van der Waals surface area contributed by atoms with Crippen molar-refractivity contribution < 1.29 is 9.53 Å². The van der Waals surface area contributed by atoms with Crippen LogP contribution >= 0.6 is 0 Å². The van der Waals surface area contributed by atoms with Crippen molar-refractivity contribution >= 4 is 22.8 Å². The van der Waals surface area contributed by atoms with E-state index in [0.29, 0.717) is 18.5 Å². The fraction of sp³-hybridized carbons (Fsp3) is 0.600. The molecule has 2 aliphatic rings. The molecule has 6 heteroatoms. The molecule has 0 saturated carbocycles. The largest absolute Gasteiger partial charge is 0.443 e. The SMILES string of the molecule is CCN1CCc2nc3cc(C4=CC[C@H](C)CN4C(=O)OC(C)(C)C)ccc3n2C(C)C1. The molecule has 6 nitrogen and oxygen atoms in total. The van der Waals surface area contributed by atoms with Gasteiger partial charge in [0, 0.05) is 37.7 Å². The smallest absolute Gasteiger partial charge is 0.414 e. The number of carbonyl (C=O) groups excluding carboxylic acids is 1. The molecule has 0 saturated heterocycles. The molecule has 2 aliphatic heterocycles. The van der Waals surface area contributed by atoms with Crippen LogP contribution in [0.2, 0.25) is 0 Å². The Kier molecular flexibility index (Phi) is 5.86. The van der Waals surface area contributed by atoms with Gasteiger partial charge in [0.15, 0.2) is 0 Å². The number of hydrogen-bond donors (Lipinski definition) is 0. The van der Waals surface area contributed by atoms with Crippen LogP contribution in [0.25, 0.3) is 16.7 Å². The van der Waals surface area contributed by atoms with Crippen molar-refractivity contribution in [1.82, 2.24) is 19.4 Å². The fourth-order valence-electron chi connectivity index (χ4n) is 4.74. The first-order chi connectivity index (χ1) is 14.7. The molecule has 1 unspecified atom stereocenters. The van der Waals surface area contributed by atoms with E-state index < -0.39 is 5.60 Å². The third-order valence-corrected chi connectivity index (χ3v) is 6.23. The van der Waals surface area contributed by atoms with Crippen molar-refractivity contribution in [2.45, 2.75) is 66.0 Å². The standard InChI is InChI=1S/C25H36N4O2/c1-7-27-13-12-23-26-20-14-19(9-11-22(20)29(23)18(3)16-27)21-10-8-17(2)15-28(21)24(30)31-25(4,5)6/h9-11,14,17-18H,7-8,12-13,15-16H2,1-6H3/t17-,18?/m0/s1. The molecule has 1 amide bonds. The number of allylic oxidation sites excluding steroid dienone is 1. The highest BCUT2D eigenvalue weighted by atomic mass is 16.6. The van der Waals surface area contributed by atoms with Crippen LogP contribution in [0, 0.1) is 5.92 Å². The summed E-state index contributed by atoms with van der Waals surface area (Å²) in [7, 11) is 0. The third kappa shape index (κ3) is 4.49. The lowest BCUT2D eigenvalue weighted by Crippen LogP contribution is -2.39. The summed E-state index contributed by atoms with van der Waals surface area (Å²) in [5.74, 6) is 1.57. The van der Waals surface area contributed by atoms with Gasteiger partial charge in [-0.3, -0.25) is 4.90 Å². The van der Waals surface area contributed by atoms with Crippen molar-refractivity contribution in [3.05, 3.63) is 35.7 Å². The molecule has 1 aromatic carbocycles. The lowest BCUT2D eigenvalue weighted by Gasteiger charge is -2.34. The first-order valence-electron chi connectivity index (χ1n) is 11.6. The Morgan fingerprint density at radius 2 is 2.00 bits per heavy atom. The molecular weight excluding hydrogens is 388 g/mol. The van der Waals surface area contributed by atoms with Crippen LogP contribution in [-0.2, 0) is 11.2 Å². The van der Waals surface area contributed by atoms with E-state index in [1.54, 1.807) is 4.90 Å². The second-order valence-corrected chi connectivity index (χ2v) is 10.1. The van der Waals surface area contributed by atoms with Crippen molar-refractivity contribution in [2.24, 2.45) is 5.92 Å². The molecule has 0 radical (unpaired) electrons. The van der Waals surface area contributed by atoms with Gasteiger partial charge in [0.05, 0.1) is 16.7 Å². The molecule has 168 valence electrons. The van der Waals surface area contributed by atoms with Crippen LogP contribution in [0.3, 0.4) is 0 Å². The van der Waals surface area contributed by atoms with Crippen LogP contribution in [0.4, 0.5) is 4.79 Å². The van der Waals surface area contributed by atoms with Gasteiger partial charge in [0.25, 0.3) is 0 Å². The topological polar surface area (TPSA) is 50.6 Å². The van der Waals surface area contributed by atoms with Crippen molar-refractivity contribution in [2.75, 3.05) is 26.2 Å². The number of aromatic nitrogens is 2. The first kappa shape index (κ1) is 21.9. The summed E-state index contributed by atoms with van der Waals surface area (Å²) in [5.41, 5.74) is 3.63. The number of likely N-dealkylation sites (N-methyl/N-ethyl adjacent to an activating group) is 1. The Bertz CT molecular complexity index is 1000. The van der Waals surface area contributed by atoms with Crippen molar-refractivity contribution in [1.29, 1.82) is 0 Å². The zero-order valence-electron chi connectivity index (χ0n) is 19.8. The van der Waals surface area contributed by atoms with Gasteiger partial charge in [-0.15, -0.1) is 0 Å². The maximum absolute atomic E-state index is 12.9. The zero-order valence-corrected chi connectivity index (χ0v) is 19.8. The third-order valence-electron chi connectivity index (χ3n) is 6.23. The molecular formula is C25H36N4O2. The molecule has 0 bridgehead atoms. The lowest BCUT2D eigenvalue weighted by atomic mass is 9.98. The van der Waals surface area contributed by atoms with Crippen LogP contribution in [-0.4, -0.2) is 57.2 Å². The van der Waals surface area contributed by atoms with Crippen LogP contribution in [0.15, 0.2) is 24.3 Å². The predicted octanol–water partition coefficient (Wildman–Crippen LogP) is 5.09. The van der Waals surface area contributed by atoms with Gasteiger partial charge in [0.1, 0.15) is 11.4 Å². The second kappa shape index (κ2) is 8.30. The lowest BCUT2D eigenvalue weighted by molar-refractivity contribution is 0.0327. The van der Waals surface area contributed by atoms with E-state index in [1.807, 2.05) is 20.8 Å². The highest BCUT2D eigenvalue weighted by Gasteiger charge is 2.30. The van der Waals surface area contributed by atoms with E-state index in [9.17, 15) is 4.79 Å². The first-order valence-corrected chi connectivity index (χ1v) is 11.6. The minimum Gasteiger partial charge on any atom is -0.443 e. The number of amides is 1. The van der Waals surface area contributed by atoms with E-state index in [1.165, 1.54) is 5.52 Å². The summed E-state index contributed by atoms with van der Waals surface area (Å²) >= 11 is 0. The molecule has 4 rings (SSSR count). The van der Waals surface area contributed by atoms with Gasteiger partial charge in [-0.1, -0.05) is 26.0 Å². The minimum absolute atomic E-state index is 0.278. The molecule has 2 atom stereocenters. The quantitative estimate of drug-likeness (QED) is 0.674. The Morgan fingerprint density at radius 1 is 1.23 bits per heavy atom. The van der Waals surface area contributed by atoms with Crippen LogP contribution < -0.4 is 0 Å². The summed E-state index contributed by atoms with van der Waals surface area (Å²) in [6.45, 7) is 16.2. The Morgan fingerprint density at radius 3 is 2.71 bits per heavy atom. The molecule has 0 aliphatic carbocycles. The number of fused-ring (bicyclic) bond motifs is 3. The molecule has 2 aromatic rings. The molecule has 0 fully saturated rings. The maximum Gasteiger partial charge on any atom is 0.414 e. The van der Waals surface area contributed by atoms with Crippen molar-refractivity contribution in [3.8, 4) is 0 Å². The molecule has 3 heterocycles. The van der Waals surface area contributed by atoms with Gasteiger partial charge in [-0.05, 0) is 58.7 Å². The van der Waals surface area contributed by atoms with Gasteiger partial charge in [-0.2, -0.15) is 0 Å². The van der Waals surface area contributed by atoms with E-state index in [0.717, 1.165) is 55.1 Å².